The Balaban J connectivity index is 2.04. The number of nitrogens with zero attached hydrogens (tertiary/aromatic N) is 1. The van der Waals surface area contributed by atoms with Crippen LogP contribution in [0.3, 0.4) is 0 Å². The smallest absolute Gasteiger partial charge is 0.425 e. The molecule has 32 heavy (non-hydrogen) atoms. The lowest BCUT2D eigenvalue weighted by atomic mass is 10.2. The second-order valence-electron chi connectivity index (χ2n) is 8.18. The van der Waals surface area contributed by atoms with Gasteiger partial charge in [0.2, 0.25) is 0 Å². The van der Waals surface area contributed by atoms with Crippen LogP contribution in [0, 0.1) is 30.6 Å². The number of carbonyl (C=O) groups excluding carboxylic acids is 1. The normalized spacial score (nSPS) is 10.9. The quantitative estimate of drug-likeness (QED) is 0.466. The van der Waals surface area contributed by atoms with Gasteiger partial charge in [0.05, 0.1) is 4.90 Å². The molecule has 5 nitrogen and oxygen atoms in total. The van der Waals surface area contributed by atoms with Crippen molar-refractivity contribution < 1.29 is 17.9 Å². The maximum atomic E-state index is 13.0. The van der Waals surface area contributed by atoms with Gasteiger partial charge in [-0.1, -0.05) is 53.7 Å². The molecule has 0 bridgehead atoms. The first kappa shape index (κ1) is 25.0. The van der Waals surface area contributed by atoms with Gasteiger partial charge in [0, 0.05) is 18.4 Å². The van der Waals surface area contributed by atoms with Gasteiger partial charge in [-0.15, -0.1) is 5.92 Å². The summed E-state index contributed by atoms with van der Waals surface area (Å²) in [5.41, 5.74) is 1.05. The highest BCUT2D eigenvalue weighted by atomic mass is 32.2. The lowest BCUT2D eigenvalue weighted by Crippen LogP contribution is -2.41. The van der Waals surface area contributed by atoms with Crippen LogP contribution in [0.1, 0.15) is 51.2 Å². The Morgan fingerprint density at radius 1 is 0.938 bits per heavy atom. The van der Waals surface area contributed by atoms with Crippen molar-refractivity contribution in [1.29, 1.82) is 0 Å². The molecule has 0 aliphatic heterocycles. The fourth-order valence-corrected chi connectivity index (χ4v) is 3.77. The molecule has 0 N–H and O–H groups in total. The molecule has 1 amide bonds. The number of ether oxygens (including phenoxy) is 1. The third-order valence-corrected chi connectivity index (χ3v) is 5.89. The van der Waals surface area contributed by atoms with Crippen molar-refractivity contribution >= 4 is 16.1 Å². The zero-order valence-electron chi connectivity index (χ0n) is 19.0. The summed E-state index contributed by atoms with van der Waals surface area (Å²) in [5.74, 6) is 11.9. The molecule has 2 rings (SSSR count). The summed E-state index contributed by atoms with van der Waals surface area (Å²) in [6.07, 6.45) is 1.04. The van der Waals surface area contributed by atoms with Crippen molar-refractivity contribution in [1.82, 2.24) is 4.31 Å². The summed E-state index contributed by atoms with van der Waals surface area (Å²) in [6.45, 7) is 6.63. The minimum absolute atomic E-state index is 0.0203. The average Bonchev–Trinajstić information content (AvgIpc) is 2.72. The van der Waals surface area contributed by atoms with Crippen LogP contribution in [-0.4, -0.2) is 31.0 Å². The fourth-order valence-electron chi connectivity index (χ4n) is 2.57. The van der Waals surface area contributed by atoms with Crippen molar-refractivity contribution in [2.45, 2.75) is 57.5 Å². The molecule has 0 saturated carbocycles. The standard InChI is InChI=1S/C26H29NO4S/c1-22-17-19-24(20-18-22)32(29,30)27(25(28)31-26(2,3)4)21-13-8-6-5-7-10-14-23-15-11-9-12-16-23/h9,11-12,15-20H,5-7,21H2,1-4H3. The highest BCUT2D eigenvalue weighted by molar-refractivity contribution is 7.89. The van der Waals surface area contributed by atoms with Crippen LogP contribution in [-0.2, 0) is 14.8 Å². The van der Waals surface area contributed by atoms with Crippen LogP contribution in [0.4, 0.5) is 4.79 Å². The van der Waals surface area contributed by atoms with Gasteiger partial charge in [-0.05, 0) is 58.4 Å². The highest BCUT2D eigenvalue weighted by Crippen LogP contribution is 2.19. The topological polar surface area (TPSA) is 63.7 Å². The van der Waals surface area contributed by atoms with Crippen LogP contribution < -0.4 is 0 Å². The lowest BCUT2D eigenvalue weighted by molar-refractivity contribution is 0.0406. The molecule has 2 aromatic rings. The summed E-state index contributed by atoms with van der Waals surface area (Å²) in [4.78, 5) is 12.6. The Morgan fingerprint density at radius 2 is 1.56 bits per heavy atom. The Morgan fingerprint density at radius 3 is 2.19 bits per heavy atom. The number of hydrogen-bond acceptors (Lipinski definition) is 4. The van der Waals surface area contributed by atoms with E-state index in [2.05, 4.69) is 23.7 Å². The minimum atomic E-state index is -4.09. The zero-order chi connectivity index (χ0) is 23.6. The number of aryl methyl sites for hydroxylation is 1. The van der Waals surface area contributed by atoms with E-state index in [1.807, 2.05) is 37.3 Å². The first-order valence-corrected chi connectivity index (χ1v) is 11.9. The van der Waals surface area contributed by atoms with Crippen LogP contribution in [0.25, 0.3) is 0 Å². The van der Waals surface area contributed by atoms with Crippen LogP contribution in [0.2, 0.25) is 0 Å². The molecule has 0 heterocycles. The maximum Gasteiger partial charge on any atom is 0.425 e. The van der Waals surface area contributed by atoms with E-state index in [-0.39, 0.29) is 11.4 Å². The molecule has 0 fully saturated rings. The Hall–Kier alpha value is -3.22. The van der Waals surface area contributed by atoms with E-state index in [1.54, 1.807) is 32.9 Å². The molecule has 6 heteroatoms. The van der Waals surface area contributed by atoms with E-state index in [1.165, 1.54) is 12.1 Å². The minimum Gasteiger partial charge on any atom is -0.443 e. The molecule has 0 atom stereocenters. The van der Waals surface area contributed by atoms with Crippen molar-refractivity contribution in [2.24, 2.45) is 0 Å². The average molecular weight is 452 g/mol. The number of rotatable bonds is 5. The Bertz CT molecular complexity index is 1120. The van der Waals surface area contributed by atoms with Crippen LogP contribution in [0.5, 0.6) is 0 Å². The van der Waals surface area contributed by atoms with Crippen LogP contribution >= 0.6 is 0 Å². The second kappa shape index (κ2) is 11.4. The summed E-state index contributed by atoms with van der Waals surface area (Å²) < 4.78 is 32.1. The molecule has 0 aromatic heterocycles. The zero-order valence-corrected chi connectivity index (χ0v) is 19.8. The molecule has 0 aliphatic rings. The van der Waals surface area contributed by atoms with Gasteiger partial charge in [-0.2, -0.15) is 4.31 Å². The van der Waals surface area contributed by atoms with E-state index < -0.39 is 21.7 Å². The number of hydrogen-bond donors (Lipinski definition) is 0. The van der Waals surface area contributed by atoms with E-state index in [9.17, 15) is 13.2 Å². The summed E-state index contributed by atoms with van der Waals surface area (Å²) in [6, 6.07) is 16.0. The second-order valence-corrected chi connectivity index (χ2v) is 10.0. The number of benzene rings is 2. The monoisotopic (exact) mass is 451 g/mol. The SMILES string of the molecule is Cc1ccc(S(=O)(=O)N(CC#CCCCC#Cc2ccccc2)C(=O)OC(C)(C)C)cc1. The van der Waals surface area contributed by atoms with E-state index in [0.717, 1.165) is 17.5 Å². The molecular formula is C26H29NO4S. The van der Waals surface area contributed by atoms with Gasteiger partial charge in [0.25, 0.3) is 10.0 Å². The molecule has 0 radical (unpaired) electrons. The van der Waals surface area contributed by atoms with Gasteiger partial charge in [0.15, 0.2) is 0 Å². The maximum absolute atomic E-state index is 13.0. The largest absolute Gasteiger partial charge is 0.443 e. The third-order valence-electron chi connectivity index (χ3n) is 4.16. The first-order chi connectivity index (χ1) is 15.1. The number of unbranched alkanes of at least 4 members (excludes halogenated alkanes) is 2. The van der Waals surface area contributed by atoms with E-state index >= 15 is 0 Å². The molecule has 0 aliphatic carbocycles. The van der Waals surface area contributed by atoms with Gasteiger partial charge >= 0.3 is 6.09 Å². The van der Waals surface area contributed by atoms with Crippen LogP contribution in [0.15, 0.2) is 59.5 Å². The summed E-state index contributed by atoms with van der Waals surface area (Å²) in [7, 11) is -4.09. The van der Waals surface area contributed by atoms with Gasteiger partial charge in [0.1, 0.15) is 12.1 Å². The molecule has 0 spiro atoms. The summed E-state index contributed by atoms with van der Waals surface area (Å²) in [5, 5.41) is 0. The predicted molar refractivity (Wildman–Crippen MR) is 126 cm³/mol. The molecule has 0 unspecified atom stereocenters. The van der Waals surface area contributed by atoms with Gasteiger partial charge in [-0.25, -0.2) is 13.2 Å². The number of sulfonamides is 1. The lowest BCUT2D eigenvalue weighted by Gasteiger charge is -2.25. The molecule has 0 saturated heterocycles. The third kappa shape index (κ3) is 8.13. The molecule has 2 aromatic carbocycles. The van der Waals surface area contributed by atoms with Gasteiger partial charge < -0.3 is 4.74 Å². The highest BCUT2D eigenvalue weighted by Gasteiger charge is 2.32. The van der Waals surface area contributed by atoms with E-state index in [4.69, 9.17) is 4.74 Å². The predicted octanol–water partition coefficient (Wildman–Crippen LogP) is 5.15. The Kier molecular flexibility index (Phi) is 8.93. The Labute approximate surface area is 191 Å². The molecular weight excluding hydrogens is 422 g/mol. The van der Waals surface area contributed by atoms with Gasteiger partial charge in [-0.3, -0.25) is 0 Å². The first-order valence-electron chi connectivity index (χ1n) is 10.4. The van der Waals surface area contributed by atoms with Crippen molar-refractivity contribution in [3.8, 4) is 23.7 Å². The summed E-state index contributed by atoms with van der Waals surface area (Å²) >= 11 is 0. The van der Waals surface area contributed by atoms with Crippen molar-refractivity contribution in [3.05, 3.63) is 65.7 Å². The number of carbonyl (C=O) groups is 1. The number of amides is 1. The van der Waals surface area contributed by atoms with Crippen molar-refractivity contribution in [3.63, 3.8) is 0 Å². The van der Waals surface area contributed by atoms with E-state index in [0.29, 0.717) is 17.1 Å². The molecule has 168 valence electrons. The fraction of sp³-hybridized carbons (Fsp3) is 0.346. The van der Waals surface area contributed by atoms with Crippen molar-refractivity contribution in [2.75, 3.05) is 6.54 Å².